The number of rotatable bonds is 8. The molecule has 1 fully saturated rings. The maximum atomic E-state index is 13.7. The van der Waals surface area contributed by atoms with E-state index >= 15 is 0 Å². The summed E-state index contributed by atoms with van der Waals surface area (Å²) in [6.45, 7) is 11.8. The number of anilines is 1. The smallest absolute Gasteiger partial charge is 0.280 e. The maximum absolute atomic E-state index is 13.7. The van der Waals surface area contributed by atoms with Gasteiger partial charge in [-0.3, -0.25) is 23.6 Å². The summed E-state index contributed by atoms with van der Waals surface area (Å²) in [6.07, 6.45) is 8.58. The molecule has 1 aliphatic carbocycles. The van der Waals surface area contributed by atoms with Crippen LogP contribution in [0, 0.1) is 5.41 Å². The Kier molecular flexibility index (Phi) is 8.36. The van der Waals surface area contributed by atoms with Crippen molar-refractivity contribution in [3.63, 3.8) is 0 Å². The van der Waals surface area contributed by atoms with Crippen LogP contribution in [0.2, 0.25) is 0 Å². The van der Waals surface area contributed by atoms with E-state index in [-0.39, 0.29) is 29.2 Å². The van der Waals surface area contributed by atoms with Gasteiger partial charge in [0.1, 0.15) is 17.0 Å². The summed E-state index contributed by atoms with van der Waals surface area (Å²) >= 11 is 0. The molecule has 0 bridgehead atoms. The summed E-state index contributed by atoms with van der Waals surface area (Å²) in [5.74, 6) is 0.0487. The first kappa shape index (κ1) is 32.0. The minimum atomic E-state index is -0.429. The minimum absolute atomic E-state index is 0.0557. The number of hydrogen-bond acceptors (Lipinski definition) is 8. The maximum Gasteiger partial charge on any atom is 0.280 e. The van der Waals surface area contributed by atoms with Gasteiger partial charge in [0, 0.05) is 69.3 Å². The number of pyridine rings is 1. The molecule has 0 spiro atoms. The zero-order valence-corrected chi connectivity index (χ0v) is 27.4. The van der Waals surface area contributed by atoms with Gasteiger partial charge in [0.15, 0.2) is 5.82 Å². The van der Waals surface area contributed by atoms with E-state index in [4.69, 9.17) is 4.74 Å². The average Bonchev–Trinajstić information content (AvgIpc) is 3.69. The number of aliphatic hydroxyl groups is 1. The number of ether oxygens (including phenoxy) is 1. The molecule has 0 radical (unpaired) electrons. The molecule has 4 aromatic heterocycles. The highest BCUT2D eigenvalue weighted by atomic mass is 16.5. The zero-order chi connectivity index (χ0) is 33.6. The second kappa shape index (κ2) is 12.3. The van der Waals surface area contributed by atoms with Crippen LogP contribution in [-0.4, -0.2) is 83.8 Å². The standard InChI is InChI=1S/C34H40N8O5/c1-21(19-38(5)31(44)22(2)36-29-16-26(39(6)37-29)32(45)40-11-13-47-14-12-40)24-7-8-35-30(25(24)20-43)42-10-9-41-27(33(42)46)15-23-17-34(3,4)18-28(23)41/h7-10,15-16,19,43H,2,11-14,17-18,20H2,1,3-6H3,(H,36,37)/b21-19+. The predicted molar refractivity (Wildman–Crippen MR) is 177 cm³/mol. The number of aromatic nitrogens is 5. The topological polar surface area (TPSA) is 139 Å². The lowest BCUT2D eigenvalue weighted by molar-refractivity contribution is -0.123. The zero-order valence-electron chi connectivity index (χ0n) is 27.4. The second-order valence-electron chi connectivity index (χ2n) is 13.0. The van der Waals surface area contributed by atoms with E-state index in [1.54, 1.807) is 49.7 Å². The van der Waals surface area contributed by atoms with Gasteiger partial charge in [0.25, 0.3) is 17.4 Å². The number of likely N-dealkylation sites (N-methyl/N-ethyl adjacent to an activating group) is 1. The number of allylic oxidation sites excluding steroid dienone is 1. The molecule has 2 N–H and O–H groups in total. The Hall–Kier alpha value is -5.01. The first-order valence-corrected chi connectivity index (χ1v) is 15.5. The summed E-state index contributed by atoms with van der Waals surface area (Å²) in [5, 5.41) is 17.7. The van der Waals surface area contributed by atoms with E-state index in [9.17, 15) is 19.5 Å². The molecule has 0 atom stereocenters. The third-order valence-corrected chi connectivity index (χ3v) is 8.84. The highest BCUT2D eigenvalue weighted by molar-refractivity contribution is 5.97. The Morgan fingerprint density at radius 2 is 1.94 bits per heavy atom. The Morgan fingerprint density at radius 1 is 1.19 bits per heavy atom. The van der Waals surface area contributed by atoms with E-state index in [2.05, 4.69) is 35.8 Å². The molecule has 13 nitrogen and oxygen atoms in total. The fourth-order valence-corrected chi connectivity index (χ4v) is 6.54. The van der Waals surface area contributed by atoms with Gasteiger partial charge in [0.05, 0.1) is 25.5 Å². The van der Waals surface area contributed by atoms with Crippen molar-refractivity contribution in [3.8, 4) is 5.82 Å². The van der Waals surface area contributed by atoms with Crippen molar-refractivity contribution in [2.24, 2.45) is 12.5 Å². The van der Waals surface area contributed by atoms with Crippen LogP contribution in [0.4, 0.5) is 5.82 Å². The van der Waals surface area contributed by atoms with Crippen LogP contribution in [-0.2, 0) is 36.0 Å². The molecule has 47 heavy (non-hydrogen) atoms. The Morgan fingerprint density at radius 3 is 2.66 bits per heavy atom. The third kappa shape index (κ3) is 5.99. The lowest BCUT2D eigenvalue weighted by atomic mass is 9.90. The number of carbonyl (C=O) groups excluding carboxylic acids is 2. The highest BCUT2D eigenvalue weighted by Crippen LogP contribution is 2.37. The van der Waals surface area contributed by atoms with Gasteiger partial charge in [-0.05, 0) is 54.0 Å². The van der Waals surface area contributed by atoms with E-state index in [0.717, 1.165) is 18.5 Å². The normalized spacial score (nSPS) is 16.0. The minimum Gasteiger partial charge on any atom is -0.392 e. The fourth-order valence-electron chi connectivity index (χ4n) is 6.54. The van der Waals surface area contributed by atoms with Crippen LogP contribution in [0.5, 0.6) is 0 Å². The highest BCUT2D eigenvalue weighted by Gasteiger charge is 2.32. The Labute approximate surface area is 272 Å². The number of amides is 2. The van der Waals surface area contributed by atoms with E-state index in [1.807, 2.05) is 23.6 Å². The number of carbonyl (C=O) groups is 2. The van der Waals surface area contributed by atoms with Crippen molar-refractivity contribution in [1.82, 2.24) is 33.5 Å². The number of fused-ring (bicyclic) bond motifs is 3. The van der Waals surface area contributed by atoms with Crippen molar-refractivity contribution < 1.29 is 19.4 Å². The Bertz CT molecular complexity index is 1990. The molecule has 4 aromatic rings. The van der Waals surface area contributed by atoms with Crippen LogP contribution >= 0.6 is 0 Å². The monoisotopic (exact) mass is 640 g/mol. The number of hydrogen-bond donors (Lipinski definition) is 2. The molecule has 2 aliphatic rings. The number of nitrogens with zero attached hydrogens (tertiary/aromatic N) is 7. The third-order valence-electron chi connectivity index (χ3n) is 8.84. The quantitative estimate of drug-likeness (QED) is 0.281. The van der Waals surface area contributed by atoms with Gasteiger partial charge in [-0.1, -0.05) is 20.4 Å². The lowest BCUT2D eigenvalue weighted by Crippen LogP contribution is -2.41. The van der Waals surface area contributed by atoms with Gasteiger partial charge >= 0.3 is 0 Å². The number of aliphatic hydroxyl groups excluding tert-OH is 1. The lowest BCUT2D eigenvalue weighted by Gasteiger charge is -2.26. The first-order chi connectivity index (χ1) is 22.4. The van der Waals surface area contributed by atoms with Gasteiger partial charge in [-0.2, -0.15) is 5.10 Å². The summed E-state index contributed by atoms with van der Waals surface area (Å²) in [7, 11) is 3.26. The average molecular weight is 641 g/mol. The summed E-state index contributed by atoms with van der Waals surface area (Å²) in [5.41, 5.74) is 5.04. The van der Waals surface area contributed by atoms with Crippen LogP contribution in [0.15, 0.2) is 60.1 Å². The number of morpholine rings is 1. The largest absolute Gasteiger partial charge is 0.392 e. The SMILES string of the molecule is C=C(Nc1cc(C(=O)N2CCOCC2)n(C)n1)C(=O)N(C)/C=C(\C)c1ccnc(-n2ccn3c4c(cc3c2=O)CC(C)(C)C4)c1CO. The van der Waals surface area contributed by atoms with Crippen molar-refractivity contribution in [1.29, 1.82) is 0 Å². The molecule has 2 amide bonds. The second-order valence-corrected chi connectivity index (χ2v) is 13.0. The summed E-state index contributed by atoms with van der Waals surface area (Å²) < 4.78 is 10.2. The fraction of sp³-hybridized carbons (Fsp3) is 0.382. The van der Waals surface area contributed by atoms with Crippen molar-refractivity contribution >= 4 is 28.7 Å². The first-order valence-electron chi connectivity index (χ1n) is 15.5. The van der Waals surface area contributed by atoms with Gasteiger partial charge in [0.2, 0.25) is 0 Å². The van der Waals surface area contributed by atoms with Crippen molar-refractivity contribution in [2.45, 2.75) is 40.2 Å². The van der Waals surface area contributed by atoms with Crippen LogP contribution in [0.3, 0.4) is 0 Å². The number of nitrogens with one attached hydrogen (secondary N) is 1. The molecule has 13 heteroatoms. The molecule has 0 saturated carbocycles. The van der Waals surface area contributed by atoms with Gasteiger partial charge in [-0.15, -0.1) is 0 Å². The van der Waals surface area contributed by atoms with Gasteiger partial charge in [-0.25, -0.2) is 4.98 Å². The number of aryl methyl sites for hydroxylation is 1. The van der Waals surface area contributed by atoms with Crippen molar-refractivity contribution in [2.75, 3.05) is 38.7 Å². The van der Waals surface area contributed by atoms with E-state index in [0.29, 0.717) is 65.8 Å². The Balaban J connectivity index is 1.21. The molecule has 6 rings (SSSR count). The molecule has 0 unspecified atom stereocenters. The molecule has 1 aliphatic heterocycles. The van der Waals surface area contributed by atoms with Crippen molar-refractivity contribution in [3.05, 3.63) is 93.7 Å². The van der Waals surface area contributed by atoms with Crippen LogP contribution in [0.25, 0.3) is 16.9 Å². The summed E-state index contributed by atoms with van der Waals surface area (Å²) in [4.78, 5) is 47.5. The van der Waals surface area contributed by atoms with Crippen LogP contribution in [0.1, 0.15) is 53.6 Å². The predicted octanol–water partition coefficient (Wildman–Crippen LogP) is 2.75. The summed E-state index contributed by atoms with van der Waals surface area (Å²) in [6, 6.07) is 5.29. The molecular weight excluding hydrogens is 600 g/mol. The molecule has 5 heterocycles. The van der Waals surface area contributed by atoms with Crippen LogP contribution < -0.4 is 10.9 Å². The molecule has 0 aromatic carbocycles. The molecule has 1 saturated heterocycles. The van der Waals surface area contributed by atoms with E-state index in [1.165, 1.54) is 19.7 Å². The van der Waals surface area contributed by atoms with E-state index < -0.39 is 5.91 Å². The van der Waals surface area contributed by atoms with Gasteiger partial charge < -0.3 is 29.4 Å². The molecular formula is C34H40N8O5. The molecule has 246 valence electrons.